The van der Waals surface area contributed by atoms with Crippen molar-refractivity contribution >= 4 is 39.9 Å². The molecule has 3 atom stereocenters. The zero-order valence-corrected chi connectivity index (χ0v) is 13.5. The first-order valence-corrected chi connectivity index (χ1v) is 7.89. The monoisotopic (exact) mass is 386 g/mol. The number of nitro groups is 1. The third kappa shape index (κ3) is 1.84. The SMILES string of the molecule is CC(=O)N1c2c(cc(C)cc2[N+](=O)[O-])C2CCC(I)C21. The van der Waals surface area contributed by atoms with E-state index in [1.54, 1.807) is 11.0 Å². The minimum absolute atomic E-state index is 0.0631. The molecule has 0 spiro atoms. The van der Waals surface area contributed by atoms with Gasteiger partial charge in [0, 0.05) is 22.8 Å². The number of halogens is 1. The predicted octanol–water partition coefficient (Wildman–Crippen LogP) is 3.32. The van der Waals surface area contributed by atoms with E-state index in [-0.39, 0.29) is 28.5 Å². The van der Waals surface area contributed by atoms with Crippen LogP contribution in [0.5, 0.6) is 0 Å². The number of hydrogen-bond donors (Lipinski definition) is 0. The van der Waals surface area contributed by atoms with Crippen LogP contribution in [0.4, 0.5) is 11.4 Å². The van der Waals surface area contributed by atoms with E-state index in [9.17, 15) is 14.9 Å². The van der Waals surface area contributed by atoms with E-state index in [0.717, 1.165) is 24.0 Å². The van der Waals surface area contributed by atoms with Crippen LogP contribution in [0.15, 0.2) is 12.1 Å². The molecular formula is C14H15IN2O3. The van der Waals surface area contributed by atoms with Gasteiger partial charge in [0.2, 0.25) is 5.91 Å². The van der Waals surface area contributed by atoms with Gasteiger partial charge in [-0.25, -0.2) is 0 Å². The van der Waals surface area contributed by atoms with Gasteiger partial charge in [-0.05, 0) is 30.9 Å². The number of aryl methyl sites for hydroxylation is 1. The van der Waals surface area contributed by atoms with Crippen LogP contribution in [0.2, 0.25) is 0 Å². The maximum Gasteiger partial charge on any atom is 0.293 e. The molecule has 2 aliphatic rings. The molecule has 3 rings (SSSR count). The van der Waals surface area contributed by atoms with Gasteiger partial charge in [-0.15, -0.1) is 0 Å². The lowest BCUT2D eigenvalue weighted by atomic mass is 9.95. The molecular weight excluding hydrogens is 371 g/mol. The number of nitro benzene ring substituents is 1. The Morgan fingerprint density at radius 3 is 2.75 bits per heavy atom. The first-order valence-electron chi connectivity index (χ1n) is 6.64. The molecule has 5 nitrogen and oxygen atoms in total. The van der Waals surface area contributed by atoms with Gasteiger partial charge < -0.3 is 4.90 Å². The Kier molecular flexibility index (Phi) is 3.23. The summed E-state index contributed by atoms with van der Waals surface area (Å²) in [6, 6.07) is 3.65. The lowest BCUT2D eigenvalue weighted by molar-refractivity contribution is -0.384. The Labute approximate surface area is 130 Å². The molecule has 0 N–H and O–H groups in total. The van der Waals surface area contributed by atoms with Crippen molar-refractivity contribution in [1.29, 1.82) is 0 Å². The topological polar surface area (TPSA) is 63.5 Å². The van der Waals surface area contributed by atoms with Gasteiger partial charge in [-0.1, -0.05) is 28.7 Å². The third-order valence-electron chi connectivity index (χ3n) is 4.27. The van der Waals surface area contributed by atoms with Gasteiger partial charge >= 0.3 is 0 Å². The van der Waals surface area contributed by atoms with Gasteiger partial charge in [0.05, 0.1) is 11.0 Å². The Hall–Kier alpha value is -1.18. The van der Waals surface area contributed by atoms with Gasteiger partial charge in [0.25, 0.3) is 5.69 Å². The minimum atomic E-state index is -0.370. The van der Waals surface area contributed by atoms with Crippen molar-refractivity contribution in [3.8, 4) is 0 Å². The van der Waals surface area contributed by atoms with Gasteiger partial charge in [-0.3, -0.25) is 14.9 Å². The summed E-state index contributed by atoms with van der Waals surface area (Å²) in [5.74, 6) is 0.142. The normalized spacial score (nSPS) is 27.4. The first-order chi connectivity index (χ1) is 9.41. The molecule has 1 fully saturated rings. The van der Waals surface area contributed by atoms with Crippen LogP contribution < -0.4 is 4.90 Å². The second-order valence-electron chi connectivity index (χ2n) is 5.56. The van der Waals surface area contributed by atoms with Crippen molar-refractivity contribution < 1.29 is 9.72 Å². The van der Waals surface area contributed by atoms with Crippen molar-refractivity contribution in [2.75, 3.05) is 4.90 Å². The molecule has 1 aromatic carbocycles. The fourth-order valence-electron chi connectivity index (χ4n) is 3.60. The lowest BCUT2D eigenvalue weighted by Crippen LogP contribution is -2.40. The summed E-state index contributed by atoms with van der Waals surface area (Å²) in [7, 11) is 0. The molecule has 1 amide bonds. The molecule has 0 saturated heterocycles. The number of alkyl halides is 1. The number of benzene rings is 1. The highest BCUT2D eigenvalue weighted by Gasteiger charge is 2.50. The standard InChI is InChI=1S/C14H15IN2O3/c1-7-5-10-9-3-4-11(15)13(9)16(8(2)18)14(10)12(6-7)17(19)20/h5-6,9,11,13H,3-4H2,1-2H3. The van der Waals surface area contributed by atoms with E-state index < -0.39 is 0 Å². The zero-order valence-electron chi connectivity index (χ0n) is 11.3. The molecule has 0 bridgehead atoms. The van der Waals surface area contributed by atoms with Crippen molar-refractivity contribution in [2.45, 2.75) is 42.6 Å². The van der Waals surface area contributed by atoms with Gasteiger partial charge in [-0.2, -0.15) is 0 Å². The highest BCUT2D eigenvalue weighted by molar-refractivity contribution is 14.1. The van der Waals surface area contributed by atoms with Crippen molar-refractivity contribution in [2.24, 2.45) is 0 Å². The molecule has 106 valence electrons. The first kappa shape index (κ1) is 13.8. The van der Waals surface area contributed by atoms with Crippen LogP contribution >= 0.6 is 22.6 Å². The molecule has 0 aromatic heterocycles. The smallest absolute Gasteiger partial charge is 0.293 e. The average molecular weight is 386 g/mol. The van der Waals surface area contributed by atoms with Gasteiger partial charge in [0.15, 0.2) is 0 Å². The zero-order chi connectivity index (χ0) is 14.6. The van der Waals surface area contributed by atoms with Crippen LogP contribution in [0, 0.1) is 17.0 Å². The summed E-state index contributed by atoms with van der Waals surface area (Å²) in [5.41, 5.74) is 2.46. The van der Waals surface area contributed by atoms with E-state index in [4.69, 9.17) is 0 Å². The molecule has 1 aromatic rings. The summed E-state index contributed by atoms with van der Waals surface area (Å²) in [4.78, 5) is 24.7. The molecule has 3 unspecified atom stereocenters. The van der Waals surface area contributed by atoms with E-state index in [0.29, 0.717) is 9.61 Å². The van der Waals surface area contributed by atoms with Crippen molar-refractivity contribution in [3.05, 3.63) is 33.4 Å². The molecule has 1 aliphatic heterocycles. The van der Waals surface area contributed by atoms with E-state index in [1.165, 1.54) is 6.92 Å². The lowest BCUT2D eigenvalue weighted by Gasteiger charge is -2.25. The Morgan fingerprint density at radius 1 is 1.45 bits per heavy atom. The highest BCUT2D eigenvalue weighted by Crippen LogP contribution is 2.54. The number of fused-ring (bicyclic) bond motifs is 3. The molecule has 1 heterocycles. The number of rotatable bonds is 1. The second kappa shape index (κ2) is 4.68. The summed E-state index contributed by atoms with van der Waals surface area (Å²) < 4.78 is 0.355. The predicted molar refractivity (Wildman–Crippen MR) is 84.6 cm³/mol. The maximum absolute atomic E-state index is 12.1. The Bertz CT molecular complexity index is 617. The fraction of sp³-hybridized carbons (Fsp3) is 0.500. The van der Waals surface area contributed by atoms with E-state index in [1.807, 2.05) is 13.0 Å². The summed E-state index contributed by atoms with van der Waals surface area (Å²) in [5, 5.41) is 11.3. The number of nitrogens with zero attached hydrogens (tertiary/aromatic N) is 2. The molecule has 0 radical (unpaired) electrons. The van der Waals surface area contributed by atoms with E-state index >= 15 is 0 Å². The molecule has 1 aliphatic carbocycles. The summed E-state index contributed by atoms with van der Waals surface area (Å²) in [6.07, 6.45) is 2.05. The third-order valence-corrected chi connectivity index (χ3v) is 5.63. The summed E-state index contributed by atoms with van der Waals surface area (Å²) in [6.45, 7) is 3.37. The Morgan fingerprint density at radius 2 is 2.15 bits per heavy atom. The van der Waals surface area contributed by atoms with Crippen molar-refractivity contribution in [1.82, 2.24) is 0 Å². The number of carbonyl (C=O) groups excluding carboxylic acids is 1. The molecule has 1 saturated carbocycles. The second-order valence-corrected chi connectivity index (χ2v) is 7.16. The van der Waals surface area contributed by atoms with Crippen molar-refractivity contribution in [3.63, 3.8) is 0 Å². The molecule has 6 heteroatoms. The highest BCUT2D eigenvalue weighted by atomic mass is 127. The van der Waals surface area contributed by atoms with Crippen LogP contribution in [-0.4, -0.2) is 20.8 Å². The van der Waals surface area contributed by atoms with Gasteiger partial charge in [0.1, 0.15) is 5.69 Å². The minimum Gasteiger partial charge on any atom is -0.302 e. The average Bonchev–Trinajstić information content (AvgIpc) is 2.87. The summed E-state index contributed by atoms with van der Waals surface area (Å²) >= 11 is 2.37. The maximum atomic E-state index is 12.1. The van der Waals surface area contributed by atoms with E-state index in [2.05, 4.69) is 22.6 Å². The molecule has 20 heavy (non-hydrogen) atoms. The largest absolute Gasteiger partial charge is 0.302 e. The quantitative estimate of drug-likeness (QED) is 0.322. The van der Waals surface area contributed by atoms with Crippen LogP contribution in [0.1, 0.15) is 36.8 Å². The number of amides is 1. The number of anilines is 1. The van der Waals surface area contributed by atoms with Crippen LogP contribution in [-0.2, 0) is 4.79 Å². The Balaban J connectivity index is 2.26. The fourth-order valence-corrected chi connectivity index (χ4v) is 4.78. The number of carbonyl (C=O) groups is 1. The number of hydrogen-bond acceptors (Lipinski definition) is 3. The van der Waals surface area contributed by atoms with Crippen LogP contribution in [0.25, 0.3) is 0 Å². The van der Waals surface area contributed by atoms with Crippen LogP contribution in [0.3, 0.4) is 0 Å².